The number of hydrogen-bond donors (Lipinski definition) is 0. The number of amides is 2. The van der Waals surface area contributed by atoms with Crippen molar-refractivity contribution in [2.24, 2.45) is 5.92 Å². The summed E-state index contributed by atoms with van der Waals surface area (Å²) in [6, 6.07) is 5.49. The van der Waals surface area contributed by atoms with Gasteiger partial charge in [-0.25, -0.2) is 0 Å². The molecule has 0 spiro atoms. The Bertz CT molecular complexity index is 556. The maximum absolute atomic E-state index is 12.7. The van der Waals surface area contributed by atoms with Gasteiger partial charge < -0.3 is 14.5 Å². The number of carbonyl (C=O) groups excluding carboxylic acids is 2. The SMILES string of the molecule is CCC1C(=O)N(CC)c2ccc(OC)cc2N(CC)C1=O. The molecule has 0 bridgehead atoms. The van der Waals surface area contributed by atoms with Gasteiger partial charge in [0.05, 0.1) is 18.5 Å². The summed E-state index contributed by atoms with van der Waals surface area (Å²) in [5.41, 5.74) is 1.52. The molecule has 2 amide bonds. The van der Waals surface area contributed by atoms with Gasteiger partial charge in [0.25, 0.3) is 0 Å². The number of carbonyl (C=O) groups is 2. The molecule has 1 aliphatic heterocycles. The maximum Gasteiger partial charge on any atom is 0.239 e. The zero-order valence-corrected chi connectivity index (χ0v) is 13.0. The maximum atomic E-state index is 12.7. The molecule has 0 saturated carbocycles. The van der Waals surface area contributed by atoms with Crippen molar-refractivity contribution in [3.8, 4) is 5.75 Å². The zero-order valence-electron chi connectivity index (χ0n) is 13.0. The second-order valence-electron chi connectivity index (χ2n) is 4.98. The van der Waals surface area contributed by atoms with E-state index in [4.69, 9.17) is 4.74 Å². The van der Waals surface area contributed by atoms with Crippen molar-refractivity contribution in [2.45, 2.75) is 27.2 Å². The van der Waals surface area contributed by atoms with Gasteiger partial charge in [-0.15, -0.1) is 0 Å². The normalized spacial score (nSPS) is 18.6. The average molecular weight is 290 g/mol. The summed E-state index contributed by atoms with van der Waals surface area (Å²) in [6.45, 7) is 6.78. The van der Waals surface area contributed by atoms with E-state index < -0.39 is 5.92 Å². The second-order valence-corrected chi connectivity index (χ2v) is 4.98. The first-order valence-corrected chi connectivity index (χ1v) is 7.39. The number of hydrogen-bond acceptors (Lipinski definition) is 3. The van der Waals surface area contributed by atoms with Gasteiger partial charge in [0.1, 0.15) is 11.7 Å². The van der Waals surface area contributed by atoms with Crippen LogP contribution < -0.4 is 14.5 Å². The van der Waals surface area contributed by atoms with E-state index in [0.717, 1.165) is 11.4 Å². The first-order valence-electron chi connectivity index (χ1n) is 7.39. The average Bonchev–Trinajstić information content (AvgIpc) is 2.58. The topological polar surface area (TPSA) is 49.9 Å². The third-order valence-corrected chi connectivity index (χ3v) is 3.93. The Labute approximate surface area is 125 Å². The largest absolute Gasteiger partial charge is 0.497 e. The molecule has 0 fully saturated rings. The van der Waals surface area contributed by atoms with Crippen LogP contribution in [0.1, 0.15) is 27.2 Å². The lowest BCUT2D eigenvalue weighted by molar-refractivity contribution is -0.132. The number of rotatable bonds is 4. The van der Waals surface area contributed by atoms with Crippen LogP contribution in [0.3, 0.4) is 0 Å². The molecule has 2 rings (SSSR count). The number of benzene rings is 1. The lowest BCUT2D eigenvalue weighted by Gasteiger charge is -2.24. The van der Waals surface area contributed by atoms with E-state index in [1.807, 2.05) is 39.0 Å². The minimum Gasteiger partial charge on any atom is -0.497 e. The lowest BCUT2D eigenvalue weighted by Crippen LogP contribution is -2.41. The fourth-order valence-electron chi connectivity index (χ4n) is 2.80. The number of methoxy groups -OCH3 is 1. The van der Waals surface area contributed by atoms with Gasteiger partial charge in [0.2, 0.25) is 11.8 Å². The Balaban J connectivity index is 2.65. The van der Waals surface area contributed by atoms with Gasteiger partial charge in [-0.1, -0.05) is 6.92 Å². The molecule has 0 radical (unpaired) electrons. The summed E-state index contributed by atoms with van der Waals surface area (Å²) in [7, 11) is 1.59. The molecule has 1 aliphatic rings. The summed E-state index contributed by atoms with van der Waals surface area (Å²) in [6.07, 6.45) is 0.510. The molecular formula is C16H22N2O3. The molecule has 1 aromatic carbocycles. The molecular weight excluding hydrogens is 268 g/mol. The number of nitrogens with zero attached hydrogens (tertiary/aromatic N) is 2. The van der Waals surface area contributed by atoms with Crippen LogP contribution in [0.25, 0.3) is 0 Å². The van der Waals surface area contributed by atoms with E-state index in [1.54, 1.807) is 16.9 Å². The number of fused-ring (bicyclic) bond motifs is 1. The third kappa shape index (κ3) is 2.48. The van der Waals surface area contributed by atoms with E-state index in [-0.39, 0.29) is 11.8 Å². The Morgan fingerprint density at radius 3 is 2.05 bits per heavy atom. The van der Waals surface area contributed by atoms with Crippen LogP contribution in [-0.4, -0.2) is 32.0 Å². The molecule has 0 N–H and O–H groups in total. The standard InChI is InChI=1S/C16H22N2O3/c1-5-12-15(19)17(6-2)13-9-8-11(21-4)10-14(13)18(7-3)16(12)20/h8-10,12H,5-7H2,1-4H3. The Morgan fingerprint density at radius 2 is 1.57 bits per heavy atom. The molecule has 21 heavy (non-hydrogen) atoms. The first-order chi connectivity index (χ1) is 10.1. The highest BCUT2D eigenvalue weighted by Crippen LogP contribution is 2.37. The van der Waals surface area contributed by atoms with Gasteiger partial charge in [-0.3, -0.25) is 9.59 Å². The predicted octanol–water partition coefficient (Wildman–Crippen LogP) is 2.44. The van der Waals surface area contributed by atoms with Crippen LogP contribution in [0.15, 0.2) is 18.2 Å². The van der Waals surface area contributed by atoms with E-state index in [1.165, 1.54) is 0 Å². The van der Waals surface area contributed by atoms with Gasteiger partial charge in [0.15, 0.2) is 0 Å². The molecule has 114 valence electrons. The summed E-state index contributed by atoms with van der Waals surface area (Å²) < 4.78 is 5.26. The molecule has 0 aliphatic carbocycles. The Hall–Kier alpha value is -2.04. The Morgan fingerprint density at radius 1 is 1.00 bits per heavy atom. The summed E-state index contributed by atoms with van der Waals surface area (Å²) in [4.78, 5) is 28.7. The van der Waals surface area contributed by atoms with Crippen molar-refractivity contribution in [1.82, 2.24) is 0 Å². The van der Waals surface area contributed by atoms with Crippen LogP contribution in [0.4, 0.5) is 11.4 Å². The summed E-state index contributed by atoms with van der Waals surface area (Å²) >= 11 is 0. The van der Waals surface area contributed by atoms with E-state index in [9.17, 15) is 9.59 Å². The lowest BCUT2D eigenvalue weighted by atomic mass is 10.0. The monoisotopic (exact) mass is 290 g/mol. The van der Waals surface area contributed by atoms with Crippen molar-refractivity contribution in [3.05, 3.63) is 18.2 Å². The van der Waals surface area contributed by atoms with Crippen LogP contribution in [0.5, 0.6) is 5.75 Å². The van der Waals surface area contributed by atoms with Crippen molar-refractivity contribution < 1.29 is 14.3 Å². The third-order valence-electron chi connectivity index (χ3n) is 3.93. The Kier molecular flexibility index (Phi) is 4.50. The number of ether oxygens (including phenoxy) is 1. The number of anilines is 2. The van der Waals surface area contributed by atoms with E-state index >= 15 is 0 Å². The predicted molar refractivity (Wildman–Crippen MR) is 82.8 cm³/mol. The van der Waals surface area contributed by atoms with Crippen molar-refractivity contribution in [3.63, 3.8) is 0 Å². The molecule has 5 nitrogen and oxygen atoms in total. The summed E-state index contributed by atoms with van der Waals surface area (Å²) in [5, 5.41) is 0. The first kappa shape index (κ1) is 15.4. The fraction of sp³-hybridized carbons (Fsp3) is 0.500. The second kappa shape index (κ2) is 6.16. The molecule has 0 saturated heterocycles. The molecule has 1 aromatic rings. The molecule has 0 aromatic heterocycles. The van der Waals surface area contributed by atoms with Gasteiger partial charge in [-0.2, -0.15) is 0 Å². The van der Waals surface area contributed by atoms with Crippen LogP contribution in [-0.2, 0) is 9.59 Å². The smallest absolute Gasteiger partial charge is 0.239 e. The van der Waals surface area contributed by atoms with Gasteiger partial charge >= 0.3 is 0 Å². The minimum absolute atomic E-state index is 0.118. The zero-order chi connectivity index (χ0) is 15.6. The molecule has 1 atom stereocenters. The van der Waals surface area contributed by atoms with Crippen LogP contribution in [0, 0.1) is 5.92 Å². The van der Waals surface area contributed by atoms with E-state index in [2.05, 4.69) is 0 Å². The van der Waals surface area contributed by atoms with Crippen molar-refractivity contribution in [2.75, 3.05) is 30.0 Å². The van der Waals surface area contributed by atoms with E-state index in [0.29, 0.717) is 25.3 Å². The van der Waals surface area contributed by atoms with Gasteiger partial charge in [-0.05, 0) is 32.4 Å². The molecule has 1 heterocycles. The van der Waals surface area contributed by atoms with Crippen molar-refractivity contribution >= 4 is 23.2 Å². The fourth-order valence-corrected chi connectivity index (χ4v) is 2.80. The highest BCUT2D eigenvalue weighted by Gasteiger charge is 2.38. The van der Waals surface area contributed by atoms with Crippen LogP contribution in [0.2, 0.25) is 0 Å². The highest BCUT2D eigenvalue weighted by atomic mass is 16.5. The summed E-state index contributed by atoms with van der Waals surface area (Å²) in [5.74, 6) is -0.176. The quantitative estimate of drug-likeness (QED) is 0.800. The minimum atomic E-state index is -0.608. The van der Waals surface area contributed by atoms with Crippen molar-refractivity contribution in [1.29, 1.82) is 0 Å². The molecule has 5 heteroatoms. The van der Waals surface area contributed by atoms with Crippen LogP contribution >= 0.6 is 0 Å². The van der Waals surface area contributed by atoms with Gasteiger partial charge in [0, 0.05) is 19.2 Å². The highest BCUT2D eigenvalue weighted by molar-refractivity contribution is 6.17. The molecule has 1 unspecified atom stereocenters.